The second-order valence-electron chi connectivity index (χ2n) is 4.49. The van der Waals surface area contributed by atoms with Gasteiger partial charge in [-0.05, 0) is 58.7 Å². The fourth-order valence-electron chi connectivity index (χ4n) is 1.76. The minimum Gasteiger partial charge on any atom is -0.495 e. The predicted molar refractivity (Wildman–Crippen MR) is 87.1 cm³/mol. The maximum Gasteiger partial charge on any atom is 0.262 e. The second kappa shape index (κ2) is 5.95. The van der Waals surface area contributed by atoms with Crippen molar-refractivity contribution >= 4 is 37.3 Å². The summed E-state index contributed by atoms with van der Waals surface area (Å²) in [6.07, 6.45) is 0. The number of ether oxygens (including phenoxy) is 1. The molecule has 2 rings (SSSR count). The molecule has 5 nitrogen and oxygen atoms in total. The quantitative estimate of drug-likeness (QED) is 0.809. The van der Waals surface area contributed by atoms with Gasteiger partial charge in [0.2, 0.25) is 0 Å². The number of nitrogens with two attached hydrogens (primary N) is 1. The number of aryl methyl sites for hydroxylation is 1. The summed E-state index contributed by atoms with van der Waals surface area (Å²) >= 11 is 3.22. The van der Waals surface area contributed by atoms with Crippen LogP contribution in [0.4, 0.5) is 11.4 Å². The van der Waals surface area contributed by atoms with E-state index in [9.17, 15) is 8.42 Å². The zero-order valence-corrected chi connectivity index (χ0v) is 14.0. The Balaban J connectivity index is 2.39. The van der Waals surface area contributed by atoms with Gasteiger partial charge in [0.1, 0.15) is 5.75 Å². The lowest BCUT2D eigenvalue weighted by Gasteiger charge is -2.13. The van der Waals surface area contributed by atoms with Gasteiger partial charge < -0.3 is 10.5 Å². The number of anilines is 2. The summed E-state index contributed by atoms with van der Waals surface area (Å²) in [4.78, 5) is 0.117. The lowest BCUT2D eigenvalue weighted by atomic mass is 10.2. The first-order chi connectivity index (χ1) is 9.83. The minimum atomic E-state index is -3.71. The zero-order chi connectivity index (χ0) is 15.6. The van der Waals surface area contributed by atoms with Crippen molar-refractivity contribution in [1.29, 1.82) is 0 Å². The molecule has 0 fully saturated rings. The first-order valence-electron chi connectivity index (χ1n) is 6.06. The Labute approximate surface area is 132 Å². The minimum absolute atomic E-state index is 0.117. The highest BCUT2D eigenvalue weighted by molar-refractivity contribution is 9.10. The summed E-state index contributed by atoms with van der Waals surface area (Å²) < 4.78 is 33.0. The number of hydrogen-bond acceptors (Lipinski definition) is 4. The molecular weight excluding hydrogens is 356 g/mol. The number of nitrogens with one attached hydrogen (secondary N) is 1. The van der Waals surface area contributed by atoms with Crippen LogP contribution in [0.2, 0.25) is 0 Å². The Morgan fingerprint density at radius 1 is 1.19 bits per heavy atom. The van der Waals surface area contributed by atoms with E-state index in [1.165, 1.54) is 25.3 Å². The van der Waals surface area contributed by atoms with Gasteiger partial charge >= 0.3 is 0 Å². The van der Waals surface area contributed by atoms with Crippen molar-refractivity contribution in [2.24, 2.45) is 0 Å². The molecule has 0 aromatic heterocycles. The molecule has 0 saturated heterocycles. The molecule has 2 aromatic rings. The number of sulfonamides is 1. The molecule has 0 radical (unpaired) electrons. The monoisotopic (exact) mass is 370 g/mol. The molecule has 0 aliphatic carbocycles. The molecular formula is C14H15BrN2O3S. The molecule has 0 aliphatic rings. The molecule has 7 heteroatoms. The first-order valence-corrected chi connectivity index (χ1v) is 8.33. The fraction of sp³-hybridized carbons (Fsp3) is 0.143. The van der Waals surface area contributed by atoms with Crippen LogP contribution in [0, 0.1) is 6.92 Å². The van der Waals surface area contributed by atoms with Gasteiger partial charge in [-0.15, -0.1) is 0 Å². The van der Waals surface area contributed by atoms with Crippen molar-refractivity contribution in [2.75, 3.05) is 17.6 Å². The van der Waals surface area contributed by atoms with Crippen molar-refractivity contribution in [1.82, 2.24) is 0 Å². The second-order valence-corrected chi connectivity index (χ2v) is 7.03. The van der Waals surface area contributed by atoms with Crippen molar-refractivity contribution in [3.05, 3.63) is 46.4 Å². The topological polar surface area (TPSA) is 81.4 Å². The van der Waals surface area contributed by atoms with E-state index in [0.717, 1.165) is 5.56 Å². The Morgan fingerprint density at radius 3 is 2.52 bits per heavy atom. The SMILES string of the molecule is COc1cc(C)ccc1NS(=O)(=O)c1ccc(N)c(Br)c1. The molecule has 0 spiro atoms. The summed E-state index contributed by atoms with van der Waals surface area (Å²) in [5, 5.41) is 0. The normalized spacial score (nSPS) is 11.2. The lowest BCUT2D eigenvalue weighted by Crippen LogP contribution is -2.14. The molecule has 0 saturated carbocycles. The third-order valence-corrected chi connectivity index (χ3v) is 4.93. The van der Waals surface area contributed by atoms with Crippen molar-refractivity contribution < 1.29 is 13.2 Å². The number of benzene rings is 2. The molecule has 112 valence electrons. The van der Waals surface area contributed by atoms with Crippen molar-refractivity contribution in [2.45, 2.75) is 11.8 Å². The number of hydrogen-bond donors (Lipinski definition) is 2. The van der Waals surface area contributed by atoms with E-state index in [1.807, 2.05) is 6.92 Å². The first kappa shape index (κ1) is 15.7. The molecule has 0 aliphatic heterocycles. The molecule has 0 unspecified atom stereocenters. The van der Waals surface area contributed by atoms with Gasteiger partial charge in [-0.1, -0.05) is 6.07 Å². The van der Waals surface area contributed by atoms with E-state index in [4.69, 9.17) is 10.5 Å². The molecule has 21 heavy (non-hydrogen) atoms. The van der Waals surface area contributed by atoms with E-state index >= 15 is 0 Å². The Morgan fingerprint density at radius 2 is 1.90 bits per heavy atom. The lowest BCUT2D eigenvalue weighted by molar-refractivity contribution is 0.416. The largest absolute Gasteiger partial charge is 0.495 e. The van der Waals surface area contributed by atoms with Crippen LogP contribution in [0.15, 0.2) is 45.8 Å². The molecule has 0 bridgehead atoms. The Kier molecular flexibility index (Phi) is 4.43. The standard InChI is InChI=1S/C14H15BrN2O3S/c1-9-3-6-13(14(7-9)20-2)17-21(18,19)10-4-5-12(16)11(15)8-10/h3-8,17H,16H2,1-2H3. The van der Waals surface area contributed by atoms with Gasteiger partial charge in [-0.2, -0.15) is 0 Å². The molecule has 2 aromatic carbocycles. The number of rotatable bonds is 4. The van der Waals surface area contributed by atoms with E-state index < -0.39 is 10.0 Å². The third-order valence-electron chi connectivity index (χ3n) is 2.88. The highest BCUT2D eigenvalue weighted by Crippen LogP contribution is 2.29. The van der Waals surface area contributed by atoms with Crippen LogP contribution < -0.4 is 15.2 Å². The van der Waals surface area contributed by atoms with Crippen LogP contribution >= 0.6 is 15.9 Å². The van der Waals surface area contributed by atoms with Gasteiger partial charge in [-0.3, -0.25) is 4.72 Å². The van der Waals surface area contributed by atoms with Gasteiger partial charge in [0.05, 0.1) is 17.7 Å². The Bertz CT molecular complexity index is 776. The summed E-state index contributed by atoms with van der Waals surface area (Å²) in [5.41, 5.74) is 7.50. The van der Waals surface area contributed by atoms with E-state index in [2.05, 4.69) is 20.7 Å². The maximum absolute atomic E-state index is 12.4. The molecule has 0 heterocycles. The van der Waals surface area contributed by atoms with Crippen LogP contribution in [0.5, 0.6) is 5.75 Å². The van der Waals surface area contributed by atoms with E-state index in [1.54, 1.807) is 18.2 Å². The van der Waals surface area contributed by atoms with Crippen LogP contribution in [0.3, 0.4) is 0 Å². The van der Waals surface area contributed by atoms with Crippen LogP contribution in [-0.2, 0) is 10.0 Å². The van der Waals surface area contributed by atoms with E-state index in [-0.39, 0.29) is 4.90 Å². The van der Waals surface area contributed by atoms with Gasteiger partial charge in [0.15, 0.2) is 0 Å². The number of nitrogen functional groups attached to an aromatic ring is 1. The maximum atomic E-state index is 12.4. The highest BCUT2D eigenvalue weighted by atomic mass is 79.9. The van der Waals surface area contributed by atoms with Gasteiger partial charge in [0.25, 0.3) is 10.0 Å². The van der Waals surface area contributed by atoms with Crippen molar-refractivity contribution in [3.63, 3.8) is 0 Å². The summed E-state index contributed by atoms with van der Waals surface area (Å²) in [6.45, 7) is 1.90. The summed E-state index contributed by atoms with van der Waals surface area (Å²) in [6, 6.07) is 9.67. The smallest absolute Gasteiger partial charge is 0.262 e. The van der Waals surface area contributed by atoms with Crippen LogP contribution in [-0.4, -0.2) is 15.5 Å². The summed E-state index contributed by atoms with van der Waals surface area (Å²) in [7, 11) is -2.22. The third kappa shape index (κ3) is 3.48. The zero-order valence-electron chi connectivity index (χ0n) is 11.6. The number of halogens is 1. The summed E-state index contributed by atoms with van der Waals surface area (Å²) in [5.74, 6) is 0.466. The number of methoxy groups -OCH3 is 1. The van der Waals surface area contributed by atoms with Gasteiger partial charge in [-0.25, -0.2) is 8.42 Å². The highest BCUT2D eigenvalue weighted by Gasteiger charge is 2.17. The van der Waals surface area contributed by atoms with E-state index in [0.29, 0.717) is 21.6 Å². The van der Waals surface area contributed by atoms with Crippen LogP contribution in [0.1, 0.15) is 5.56 Å². The van der Waals surface area contributed by atoms with Gasteiger partial charge in [0, 0.05) is 10.2 Å². The average molecular weight is 371 g/mol. The van der Waals surface area contributed by atoms with Crippen molar-refractivity contribution in [3.8, 4) is 5.75 Å². The fourth-order valence-corrected chi connectivity index (χ4v) is 3.39. The predicted octanol–water partition coefficient (Wildman–Crippen LogP) is 3.15. The Hall–Kier alpha value is -1.73. The van der Waals surface area contributed by atoms with Crippen LogP contribution in [0.25, 0.3) is 0 Å². The molecule has 0 amide bonds. The molecule has 3 N–H and O–H groups in total. The average Bonchev–Trinajstić information content (AvgIpc) is 2.43. The molecule has 0 atom stereocenters.